The maximum atomic E-state index is 6.66. The molecule has 0 saturated carbocycles. The van der Waals surface area contributed by atoms with Gasteiger partial charge >= 0.3 is 0 Å². The Bertz CT molecular complexity index is 3030. The third kappa shape index (κ3) is 4.20. The number of aromatic nitrogens is 4. The van der Waals surface area contributed by atoms with Gasteiger partial charge in [-0.05, 0) is 54.6 Å². The number of hydrogen-bond acceptors (Lipinski definition) is 5. The molecule has 0 atom stereocenters. The van der Waals surface area contributed by atoms with Crippen molar-refractivity contribution in [1.29, 1.82) is 0 Å². The van der Waals surface area contributed by atoms with Crippen molar-refractivity contribution >= 4 is 65.7 Å². The quantitative estimate of drug-likeness (QED) is 0.189. The summed E-state index contributed by atoms with van der Waals surface area (Å²) in [5.74, 6) is 1.85. The molecule has 0 aliphatic heterocycles. The van der Waals surface area contributed by atoms with Gasteiger partial charge in [-0.15, -0.1) is 0 Å². The average Bonchev–Trinajstić information content (AvgIpc) is 3.88. The van der Waals surface area contributed by atoms with E-state index in [1.165, 1.54) is 10.8 Å². The van der Waals surface area contributed by atoms with Crippen molar-refractivity contribution < 1.29 is 8.83 Å². The van der Waals surface area contributed by atoms with Crippen LogP contribution in [0, 0.1) is 0 Å². The highest BCUT2D eigenvalue weighted by Gasteiger charge is 2.21. The molecule has 11 aromatic rings. The van der Waals surface area contributed by atoms with E-state index in [9.17, 15) is 0 Å². The first-order chi connectivity index (χ1) is 25.3. The van der Waals surface area contributed by atoms with Gasteiger partial charge in [0.05, 0.1) is 22.1 Å². The van der Waals surface area contributed by atoms with Crippen LogP contribution in [0.25, 0.3) is 106 Å². The van der Waals surface area contributed by atoms with Gasteiger partial charge in [-0.25, -0.2) is 15.0 Å². The van der Waals surface area contributed by atoms with E-state index in [2.05, 4.69) is 83.4 Å². The second kappa shape index (κ2) is 10.7. The highest BCUT2D eigenvalue weighted by molar-refractivity contribution is 6.21. The van der Waals surface area contributed by atoms with E-state index < -0.39 is 0 Å². The van der Waals surface area contributed by atoms with E-state index in [1.54, 1.807) is 0 Å². The summed E-state index contributed by atoms with van der Waals surface area (Å²) in [7, 11) is 0. The molecule has 11 rings (SSSR count). The third-order valence-electron chi connectivity index (χ3n) is 9.86. The predicted octanol–water partition coefficient (Wildman–Crippen LogP) is 11.8. The molecule has 51 heavy (non-hydrogen) atoms. The molecular formula is C45H26N4O2. The molecule has 7 aromatic carbocycles. The molecule has 0 radical (unpaired) electrons. The van der Waals surface area contributed by atoms with Gasteiger partial charge < -0.3 is 13.4 Å². The Morgan fingerprint density at radius 2 is 0.922 bits per heavy atom. The summed E-state index contributed by atoms with van der Waals surface area (Å²) in [6.45, 7) is 0. The van der Waals surface area contributed by atoms with Gasteiger partial charge in [-0.3, -0.25) is 0 Å². The van der Waals surface area contributed by atoms with Crippen LogP contribution >= 0.6 is 0 Å². The monoisotopic (exact) mass is 654 g/mol. The van der Waals surface area contributed by atoms with Crippen LogP contribution in [0.4, 0.5) is 0 Å². The lowest BCUT2D eigenvalue weighted by molar-refractivity contribution is 0.633. The fourth-order valence-electron chi connectivity index (χ4n) is 7.54. The zero-order valence-electron chi connectivity index (χ0n) is 27.1. The maximum Gasteiger partial charge on any atom is 0.178 e. The van der Waals surface area contributed by atoms with Crippen molar-refractivity contribution in [3.05, 3.63) is 158 Å². The standard InChI is InChI=1S/C45H26N4O2/c1-3-12-27(13-4-1)43-46-44(28-14-5-2-6-15-28)48-45(47-43)29-22-25-38-34(26-29)32-23-24-33-40-37(20-11-21-39(40)51-42(33)41(32)50-38)49-35-18-9-7-16-30(35)31-17-8-10-19-36(31)49/h1-26H. The number of benzene rings is 7. The van der Waals surface area contributed by atoms with Gasteiger partial charge in [0.15, 0.2) is 28.6 Å². The van der Waals surface area contributed by atoms with Gasteiger partial charge in [0.25, 0.3) is 0 Å². The molecule has 0 saturated heterocycles. The molecule has 0 bridgehead atoms. The molecule has 0 N–H and O–H groups in total. The Kier molecular flexibility index (Phi) is 5.86. The summed E-state index contributed by atoms with van der Waals surface area (Å²) in [6, 6.07) is 53.9. The molecule has 0 amide bonds. The van der Waals surface area contributed by atoms with Crippen LogP contribution in [0.1, 0.15) is 0 Å². The molecule has 0 unspecified atom stereocenters. The van der Waals surface area contributed by atoms with Crippen molar-refractivity contribution in [2.45, 2.75) is 0 Å². The average molecular weight is 655 g/mol. The smallest absolute Gasteiger partial charge is 0.178 e. The Labute approximate surface area is 290 Å². The lowest BCUT2D eigenvalue weighted by atomic mass is 10.1. The molecule has 4 aromatic heterocycles. The van der Waals surface area contributed by atoms with Crippen molar-refractivity contribution in [3.8, 4) is 39.9 Å². The Morgan fingerprint density at radius 1 is 0.373 bits per heavy atom. The first-order valence-corrected chi connectivity index (χ1v) is 16.9. The summed E-state index contributed by atoms with van der Waals surface area (Å²) in [4.78, 5) is 14.8. The van der Waals surface area contributed by atoms with Crippen LogP contribution in [0.2, 0.25) is 0 Å². The first kappa shape index (κ1) is 27.9. The fourth-order valence-corrected chi connectivity index (χ4v) is 7.54. The highest BCUT2D eigenvalue weighted by Crippen LogP contribution is 2.43. The molecular weight excluding hydrogens is 629 g/mol. The van der Waals surface area contributed by atoms with E-state index in [0.717, 1.165) is 77.3 Å². The van der Waals surface area contributed by atoms with Crippen LogP contribution in [-0.4, -0.2) is 19.5 Å². The normalized spacial score (nSPS) is 11.9. The lowest BCUT2D eigenvalue weighted by Crippen LogP contribution is -2.00. The van der Waals surface area contributed by atoms with E-state index in [0.29, 0.717) is 17.5 Å². The van der Waals surface area contributed by atoms with Gasteiger partial charge in [0.1, 0.15) is 11.2 Å². The molecule has 6 nitrogen and oxygen atoms in total. The second-order valence-electron chi connectivity index (χ2n) is 12.8. The minimum atomic E-state index is 0.597. The van der Waals surface area contributed by atoms with Gasteiger partial charge in [-0.1, -0.05) is 103 Å². The zero-order chi connectivity index (χ0) is 33.5. The van der Waals surface area contributed by atoms with E-state index in [4.69, 9.17) is 23.8 Å². The number of furan rings is 2. The fraction of sp³-hybridized carbons (Fsp3) is 0. The Balaban J connectivity index is 1.11. The Hall–Kier alpha value is -7.05. The van der Waals surface area contributed by atoms with Crippen molar-refractivity contribution in [1.82, 2.24) is 19.5 Å². The van der Waals surface area contributed by atoms with E-state index in [1.807, 2.05) is 78.9 Å². The third-order valence-corrected chi connectivity index (χ3v) is 9.86. The summed E-state index contributed by atoms with van der Waals surface area (Å²) >= 11 is 0. The van der Waals surface area contributed by atoms with Crippen molar-refractivity contribution in [2.24, 2.45) is 0 Å². The molecule has 6 heteroatoms. The topological polar surface area (TPSA) is 69.9 Å². The summed E-state index contributed by atoms with van der Waals surface area (Å²) < 4.78 is 15.6. The summed E-state index contributed by atoms with van der Waals surface area (Å²) in [6.07, 6.45) is 0. The van der Waals surface area contributed by atoms with E-state index in [-0.39, 0.29) is 0 Å². The van der Waals surface area contributed by atoms with Crippen LogP contribution in [0.5, 0.6) is 0 Å². The molecule has 0 spiro atoms. The molecule has 0 aliphatic carbocycles. The Morgan fingerprint density at radius 3 is 1.59 bits per heavy atom. The van der Waals surface area contributed by atoms with Crippen LogP contribution in [-0.2, 0) is 0 Å². The largest absolute Gasteiger partial charge is 0.452 e. The van der Waals surface area contributed by atoms with Crippen LogP contribution in [0.15, 0.2) is 167 Å². The lowest BCUT2D eigenvalue weighted by Gasteiger charge is -2.09. The first-order valence-electron chi connectivity index (χ1n) is 16.9. The van der Waals surface area contributed by atoms with Crippen molar-refractivity contribution in [2.75, 3.05) is 0 Å². The van der Waals surface area contributed by atoms with Gasteiger partial charge in [0, 0.05) is 43.6 Å². The number of nitrogens with zero attached hydrogens (tertiary/aromatic N) is 4. The number of rotatable bonds is 4. The van der Waals surface area contributed by atoms with Crippen LogP contribution < -0.4 is 0 Å². The second-order valence-corrected chi connectivity index (χ2v) is 12.8. The minimum absolute atomic E-state index is 0.597. The number of para-hydroxylation sites is 2. The molecule has 0 fully saturated rings. The number of hydrogen-bond donors (Lipinski definition) is 0. The SMILES string of the molecule is c1ccc(-c2nc(-c3ccccc3)nc(-c3ccc4oc5c(ccc6c5oc5cccc(-n7c8ccccc8c8ccccc87)c56)c4c3)n2)cc1. The van der Waals surface area contributed by atoms with Crippen LogP contribution in [0.3, 0.4) is 0 Å². The van der Waals surface area contributed by atoms with E-state index >= 15 is 0 Å². The molecule has 4 heterocycles. The molecule has 0 aliphatic rings. The highest BCUT2D eigenvalue weighted by atomic mass is 16.4. The predicted molar refractivity (Wildman–Crippen MR) is 205 cm³/mol. The summed E-state index contributed by atoms with van der Waals surface area (Å²) in [5.41, 5.74) is 9.14. The minimum Gasteiger partial charge on any atom is -0.452 e. The van der Waals surface area contributed by atoms with Gasteiger partial charge in [-0.2, -0.15) is 0 Å². The maximum absolute atomic E-state index is 6.66. The van der Waals surface area contributed by atoms with Gasteiger partial charge in [0.2, 0.25) is 0 Å². The zero-order valence-corrected chi connectivity index (χ0v) is 27.1. The van der Waals surface area contributed by atoms with Crippen molar-refractivity contribution in [3.63, 3.8) is 0 Å². The summed E-state index contributed by atoms with van der Waals surface area (Å²) in [5, 5.41) is 6.44. The number of fused-ring (bicyclic) bond motifs is 10. The molecule has 238 valence electrons.